The molecular weight excluding hydrogens is 362 g/mol. The first-order chi connectivity index (χ1) is 13.0. The predicted molar refractivity (Wildman–Crippen MR) is 107 cm³/mol. The van der Waals surface area contributed by atoms with Crippen molar-refractivity contribution in [3.8, 4) is 0 Å². The molecular formula is C20H23N3O3S. The monoisotopic (exact) mass is 385 g/mol. The van der Waals surface area contributed by atoms with Crippen molar-refractivity contribution in [1.82, 2.24) is 9.55 Å². The zero-order valence-corrected chi connectivity index (χ0v) is 16.5. The molecule has 1 aromatic carbocycles. The van der Waals surface area contributed by atoms with Crippen molar-refractivity contribution in [2.24, 2.45) is 0 Å². The molecule has 0 aliphatic heterocycles. The average molecular weight is 385 g/mol. The molecule has 0 aliphatic rings. The lowest BCUT2D eigenvalue weighted by atomic mass is 10.0. The Morgan fingerprint density at radius 3 is 2.85 bits per heavy atom. The Morgan fingerprint density at radius 2 is 2.11 bits per heavy atom. The first-order valence-corrected chi connectivity index (χ1v) is 9.83. The highest BCUT2D eigenvalue weighted by atomic mass is 32.1. The number of benzene rings is 1. The van der Waals surface area contributed by atoms with E-state index in [1.807, 2.05) is 16.8 Å². The molecule has 0 fully saturated rings. The largest absolute Gasteiger partial charge is 0.466 e. The Balaban J connectivity index is 1.63. The number of anilines is 1. The summed E-state index contributed by atoms with van der Waals surface area (Å²) in [5.74, 6) is -0.00696. The van der Waals surface area contributed by atoms with E-state index in [-0.39, 0.29) is 24.8 Å². The second-order valence-electron chi connectivity index (χ2n) is 6.59. The van der Waals surface area contributed by atoms with Gasteiger partial charge in [-0.2, -0.15) is 0 Å². The van der Waals surface area contributed by atoms with E-state index in [0.717, 1.165) is 10.9 Å². The van der Waals surface area contributed by atoms with Crippen LogP contribution in [0, 0.1) is 0 Å². The van der Waals surface area contributed by atoms with Crippen LogP contribution in [-0.2, 0) is 27.3 Å². The highest BCUT2D eigenvalue weighted by Gasteiger charge is 2.12. The molecule has 142 valence electrons. The standard InChI is InChI=1S/C20H23N3O3S/c1-4-26-19(25)10-16-12-27-20(21-16)22-18(24)11-23-8-7-15-9-14(13(2)3)5-6-17(15)23/h5-9,12-13H,4,10-11H2,1-3H3,(H,21,22,24). The van der Waals surface area contributed by atoms with Gasteiger partial charge in [0.15, 0.2) is 5.13 Å². The molecule has 2 heterocycles. The summed E-state index contributed by atoms with van der Waals surface area (Å²) in [6.07, 6.45) is 2.03. The van der Waals surface area contributed by atoms with Crippen LogP contribution in [0.2, 0.25) is 0 Å². The van der Waals surface area contributed by atoms with Crippen LogP contribution in [0.15, 0.2) is 35.8 Å². The number of hydrogen-bond donors (Lipinski definition) is 1. The third-order valence-corrected chi connectivity index (χ3v) is 5.01. The molecule has 0 bridgehead atoms. The average Bonchev–Trinajstić information content (AvgIpc) is 3.21. The number of thiazole rings is 1. The SMILES string of the molecule is CCOC(=O)Cc1csc(NC(=O)Cn2ccc3cc(C(C)C)ccc32)n1. The first-order valence-electron chi connectivity index (χ1n) is 8.95. The maximum absolute atomic E-state index is 12.4. The molecule has 2 aromatic heterocycles. The van der Waals surface area contributed by atoms with Crippen LogP contribution in [0.25, 0.3) is 10.9 Å². The summed E-state index contributed by atoms with van der Waals surface area (Å²) in [6, 6.07) is 8.34. The summed E-state index contributed by atoms with van der Waals surface area (Å²) < 4.78 is 6.82. The number of fused-ring (bicyclic) bond motifs is 1. The zero-order chi connectivity index (χ0) is 19.4. The van der Waals surface area contributed by atoms with E-state index in [1.54, 1.807) is 12.3 Å². The Bertz CT molecular complexity index is 958. The normalized spacial score (nSPS) is 11.1. The molecule has 0 aliphatic carbocycles. The summed E-state index contributed by atoms with van der Waals surface area (Å²) >= 11 is 1.30. The highest BCUT2D eigenvalue weighted by Crippen LogP contribution is 2.23. The lowest BCUT2D eigenvalue weighted by Gasteiger charge is -2.08. The van der Waals surface area contributed by atoms with Crippen molar-refractivity contribution in [2.75, 3.05) is 11.9 Å². The highest BCUT2D eigenvalue weighted by molar-refractivity contribution is 7.13. The van der Waals surface area contributed by atoms with Crippen molar-refractivity contribution in [3.63, 3.8) is 0 Å². The lowest BCUT2D eigenvalue weighted by Crippen LogP contribution is -2.18. The third kappa shape index (κ3) is 4.74. The van der Waals surface area contributed by atoms with Gasteiger partial charge in [0.1, 0.15) is 6.54 Å². The topological polar surface area (TPSA) is 73.2 Å². The fourth-order valence-corrected chi connectivity index (χ4v) is 3.56. The number of esters is 1. The van der Waals surface area contributed by atoms with E-state index >= 15 is 0 Å². The number of nitrogens with zero attached hydrogens (tertiary/aromatic N) is 2. The number of carbonyl (C=O) groups excluding carboxylic acids is 2. The summed E-state index contributed by atoms with van der Waals surface area (Å²) in [6.45, 7) is 6.64. The predicted octanol–water partition coefficient (Wildman–Crippen LogP) is 3.97. The van der Waals surface area contributed by atoms with Gasteiger partial charge in [0.2, 0.25) is 5.91 Å². The van der Waals surface area contributed by atoms with Gasteiger partial charge < -0.3 is 14.6 Å². The molecule has 7 heteroatoms. The van der Waals surface area contributed by atoms with Crippen molar-refractivity contribution < 1.29 is 14.3 Å². The molecule has 3 aromatic rings. The maximum Gasteiger partial charge on any atom is 0.311 e. The number of aromatic nitrogens is 2. The van der Waals surface area contributed by atoms with Crippen LogP contribution in [0.1, 0.15) is 37.9 Å². The minimum absolute atomic E-state index is 0.112. The van der Waals surface area contributed by atoms with E-state index in [0.29, 0.717) is 23.4 Å². The number of amides is 1. The van der Waals surface area contributed by atoms with Crippen LogP contribution in [0.4, 0.5) is 5.13 Å². The fourth-order valence-electron chi connectivity index (χ4n) is 2.83. The summed E-state index contributed by atoms with van der Waals surface area (Å²) in [7, 11) is 0. The minimum atomic E-state index is -0.319. The van der Waals surface area contributed by atoms with E-state index < -0.39 is 0 Å². The summed E-state index contributed by atoms with van der Waals surface area (Å²) in [4.78, 5) is 28.1. The second-order valence-corrected chi connectivity index (χ2v) is 7.45. The van der Waals surface area contributed by atoms with Crippen LogP contribution < -0.4 is 5.32 Å². The third-order valence-electron chi connectivity index (χ3n) is 4.20. The smallest absolute Gasteiger partial charge is 0.311 e. The molecule has 0 radical (unpaired) electrons. The molecule has 1 amide bonds. The van der Waals surface area contributed by atoms with Crippen LogP contribution >= 0.6 is 11.3 Å². The van der Waals surface area contributed by atoms with Gasteiger partial charge in [-0.25, -0.2) is 4.98 Å². The molecule has 3 rings (SSSR count). The van der Waals surface area contributed by atoms with E-state index in [9.17, 15) is 9.59 Å². The van der Waals surface area contributed by atoms with Gasteiger partial charge in [0.05, 0.1) is 18.7 Å². The van der Waals surface area contributed by atoms with Gasteiger partial charge in [-0.1, -0.05) is 19.9 Å². The number of ether oxygens (including phenoxy) is 1. The van der Waals surface area contributed by atoms with Gasteiger partial charge in [0, 0.05) is 17.1 Å². The van der Waals surface area contributed by atoms with Crippen molar-refractivity contribution in [2.45, 2.75) is 39.7 Å². The van der Waals surface area contributed by atoms with Crippen molar-refractivity contribution in [1.29, 1.82) is 0 Å². The molecule has 1 N–H and O–H groups in total. The quantitative estimate of drug-likeness (QED) is 0.625. The molecule has 0 atom stereocenters. The molecule has 0 saturated heterocycles. The van der Waals surface area contributed by atoms with Gasteiger partial charge >= 0.3 is 5.97 Å². The fraction of sp³-hybridized carbons (Fsp3) is 0.350. The Hall–Kier alpha value is -2.67. The Morgan fingerprint density at radius 1 is 1.30 bits per heavy atom. The maximum atomic E-state index is 12.4. The van der Waals surface area contributed by atoms with Crippen LogP contribution in [0.3, 0.4) is 0 Å². The molecule has 0 unspecified atom stereocenters. The van der Waals surface area contributed by atoms with E-state index in [4.69, 9.17) is 4.74 Å². The van der Waals surface area contributed by atoms with Crippen molar-refractivity contribution in [3.05, 3.63) is 47.1 Å². The van der Waals surface area contributed by atoms with E-state index in [1.165, 1.54) is 16.9 Å². The van der Waals surface area contributed by atoms with Gasteiger partial charge in [-0.05, 0) is 42.0 Å². The molecule has 6 nitrogen and oxygen atoms in total. The van der Waals surface area contributed by atoms with E-state index in [2.05, 4.69) is 42.3 Å². The van der Waals surface area contributed by atoms with Gasteiger partial charge in [-0.15, -0.1) is 11.3 Å². The summed E-state index contributed by atoms with van der Waals surface area (Å²) in [5, 5.41) is 6.16. The number of nitrogens with one attached hydrogen (secondary N) is 1. The molecule has 27 heavy (non-hydrogen) atoms. The molecule has 0 saturated carbocycles. The molecule has 0 spiro atoms. The van der Waals surface area contributed by atoms with Gasteiger partial charge in [0.25, 0.3) is 0 Å². The van der Waals surface area contributed by atoms with Crippen LogP contribution in [-0.4, -0.2) is 28.0 Å². The second kappa shape index (κ2) is 8.35. The lowest BCUT2D eigenvalue weighted by molar-refractivity contribution is -0.142. The van der Waals surface area contributed by atoms with Gasteiger partial charge in [-0.3, -0.25) is 9.59 Å². The Kier molecular flexibility index (Phi) is 5.91. The summed E-state index contributed by atoms with van der Waals surface area (Å²) in [5.41, 5.74) is 2.90. The number of hydrogen-bond acceptors (Lipinski definition) is 5. The van der Waals surface area contributed by atoms with Crippen LogP contribution in [0.5, 0.6) is 0 Å². The Labute approximate surface area is 162 Å². The van der Waals surface area contributed by atoms with Crippen molar-refractivity contribution >= 4 is 39.2 Å². The number of rotatable bonds is 7. The zero-order valence-electron chi connectivity index (χ0n) is 15.7. The number of carbonyl (C=O) groups is 2. The minimum Gasteiger partial charge on any atom is -0.466 e. The first kappa shape index (κ1) is 19.1.